The van der Waals surface area contributed by atoms with Gasteiger partial charge in [0.25, 0.3) is 0 Å². The summed E-state index contributed by atoms with van der Waals surface area (Å²) in [5, 5.41) is 9.24. The first kappa shape index (κ1) is 12.1. The molecule has 2 nitrogen and oxygen atoms in total. The molecule has 0 aliphatic carbocycles. The molecule has 1 aromatic carbocycles. The Morgan fingerprint density at radius 2 is 2.00 bits per heavy atom. The third-order valence-electron chi connectivity index (χ3n) is 2.71. The van der Waals surface area contributed by atoms with Crippen LogP contribution in [0.3, 0.4) is 0 Å². The second-order valence-corrected chi connectivity index (χ2v) is 4.74. The van der Waals surface area contributed by atoms with Gasteiger partial charge >= 0.3 is 0 Å². The van der Waals surface area contributed by atoms with E-state index in [1.165, 1.54) is 11.1 Å². The molecule has 0 fully saturated rings. The third kappa shape index (κ3) is 2.96. The summed E-state index contributed by atoms with van der Waals surface area (Å²) >= 11 is 0. The summed E-state index contributed by atoms with van der Waals surface area (Å²) in [4.78, 5) is 0. The molecule has 0 radical (unpaired) electrons. The Labute approximate surface area is 91.9 Å². The molecule has 0 spiro atoms. The maximum absolute atomic E-state index is 9.24. The van der Waals surface area contributed by atoms with Gasteiger partial charge in [0.1, 0.15) is 5.75 Å². The third-order valence-corrected chi connectivity index (χ3v) is 2.71. The lowest BCUT2D eigenvalue weighted by Gasteiger charge is -2.23. The van der Waals surface area contributed by atoms with Crippen molar-refractivity contribution in [3.8, 4) is 5.75 Å². The van der Waals surface area contributed by atoms with Gasteiger partial charge in [0.05, 0.1) is 7.11 Å². The Morgan fingerprint density at radius 1 is 1.33 bits per heavy atom. The topological polar surface area (TPSA) is 29.5 Å². The summed E-state index contributed by atoms with van der Waals surface area (Å²) in [5.41, 5.74) is 2.34. The van der Waals surface area contributed by atoms with Crippen molar-refractivity contribution in [1.29, 1.82) is 0 Å². The lowest BCUT2D eigenvalue weighted by molar-refractivity contribution is 0.159. The first-order valence-corrected chi connectivity index (χ1v) is 5.23. The van der Waals surface area contributed by atoms with E-state index in [-0.39, 0.29) is 12.0 Å². The lowest BCUT2D eigenvalue weighted by Crippen LogP contribution is -2.20. The van der Waals surface area contributed by atoms with Crippen LogP contribution in [-0.2, 0) is 6.42 Å². The van der Waals surface area contributed by atoms with Crippen LogP contribution in [0, 0.1) is 12.3 Å². The molecule has 1 aromatic rings. The zero-order valence-electron chi connectivity index (χ0n) is 10.0. The Kier molecular flexibility index (Phi) is 3.75. The van der Waals surface area contributed by atoms with Gasteiger partial charge in [0, 0.05) is 6.61 Å². The lowest BCUT2D eigenvalue weighted by atomic mass is 9.85. The number of ether oxygens (including phenoxy) is 1. The number of aliphatic hydroxyl groups excluding tert-OH is 1. The normalized spacial score (nSPS) is 11.5. The average molecular weight is 208 g/mol. The highest BCUT2D eigenvalue weighted by Crippen LogP contribution is 2.27. The molecule has 0 aliphatic heterocycles. The number of aliphatic hydroxyl groups is 1. The van der Waals surface area contributed by atoms with Crippen LogP contribution in [0.4, 0.5) is 0 Å². The quantitative estimate of drug-likeness (QED) is 0.824. The van der Waals surface area contributed by atoms with Crippen molar-refractivity contribution in [3.63, 3.8) is 0 Å². The van der Waals surface area contributed by atoms with Crippen LogP contribution in [0.2, 0.25) is 0 Å². The van der Waals surface area contributed by atoms with Gasteiger partial charge in [0.15, 0.2) is 0 Å². The molecule has 0 heterocycles. The monoisotopic (exact) mass is 208 g/mol. The summed E-state index contributed by atoms with van der Waals surface area (Å²) in [6, 6.07) is 6.05. The van der Waals surface area contributed by atoms with Gasteiger partial charge in [-0.1, -0.05) is 26.0 Å². The van der Waals surface area contributed by atoms with E-state index in [9.17, 15) is 5.11 Å². The number of rotatable bonds is 4. The zero-order valence-corrected chi connectivity index (χ0v) is 10.0. The van der Waals surface area contributed by atoms with Crippen LogP contribution in [0.25, 0.3) is 0 Å². The molecule has 1 N–H and O–H groups in total. The fraction of sp³-hybridized carbons (Fsp3) is 0.538. The van der Waals surface area contributed by atoms with Crippen molar-refractivity contribution in [3.05, 3.63) is 29.3 Å². The van der Waals surface area contributed by atoms with Crippen LogP contribution in [0.1, 0.15) is 25.0 Å². The number of hydrogen-bond donors (Lipinski definition) is 1. The Hall–Kier alpha value is -1.02. The maximum Gasteiger partial charge on any atom is 0.122 e. The van der Waals surface area contributed by atoms with E-state index in [1.807, 2.05) is 12.1 Å². The summed E-state index contributed by atoms with van der Waals surface area (Å²) in [6.45, 7) is 6.38. The highest BCUT2D eigenvalue weighted by atomic mass is 16.5. The standard InChI is InChI=1S/C13H20O2/c1-10-11(8-13(2,3)9-14)6-5-7-12(10)15-4/h5-7,14H,8-9H2,1-4H3. The zero-order chi connectivity index (χ0) is 11.5. The molecule has 2 heteroatoms. The molecule has 15 heavy (non-hydrogen) atoms. The molecule has 0 unspecified atom stereocenters. The smallest absolute Gasteiger partial charge is 0.122 e. The molecular weight excluding hydrogens is 188 g/mol. The highest BCUT2D eigenvalue weighted by molar-refractivity contribution is 5.39. The minimum absolute atomic E-state index is 0.0723. The van der Waals surface area contributed by atoms with Crippen LogP contribution in [0.15, 0.2) is 18.2 Å². The van der Waals surface area contributed by atoms with Crippen molar-refractivity contribution in [2.24, 2.45) is 5.41 Å². The predicted octanol–water partition coefficient (Wildman–Crippen LogP) is 2.56. The van der Waals surface area contributed by atoms with E-state index in [0.717, 1.165) is 12.2 Å². The molecular formula is C13H20O2. The number of hydrogen-bond acceptors (Lipinski definition) is 2. The molecule has 84 valence electrons. The molecule has 0 atom stereocenters. The Bertz CT molecular complexity index is 329. The van der Waals surface area contributed by atoms with Crippen LogP contribution in [-0.4, -0.2) is 18.8 Å². The molecule has 0 bridgehead atoms. The Morgan fingerprint density at radius 3 is 2.53 bits per heavy atom. The van der Waals surface area contributed by atoms with E-state index >= 15 is 0 Å². The molecule has 0 saturated carbocycles. The minimum atomic E-state index is -0.0723. The summed E-state index contributed by atoms with van der Waals surface area (Å²) in [6.07, 6.45) is 0.868. The van der Waals surface area contributed by atoms with Gasteiger partial charge in [-0.25, -0.2) is 0 Å². The minimum Gasteiger partial charge on any atom is -0.496 e. The number of benzene rings is 1. The van der Waals surface area contributed by atoms with E-state index in [1.54, 1.807) is 7.11 Å². The van der Waals surface area contributed by atoms with Crippen molar-refractivity contribution in [2.45, 2.75) is 27.2 Å². The fourth-order valence-corrected chi connectivity index (χ4v) is 1.64. The van der Waals surface area contributed by atoms with Gasteiger partial charge in [-0.05, 0) is 36.0 Å². The molecule has 0 aromatic heterocycles. The van der Waals surface area contributed by atoms with Gasteiger partial charge in [-0.2, -0.15) is 0 Å². The van der Waals surface area contributed by atoms with Gasteiger partial charge in [-0.3, -0.25) is 0 Å². The first-order chi connectivity index (χ1) is 7.00. The van der Waals surface area contributed by atoms with Crippen LogP contribution < -0.4 is 4.74 Å². The van der Waals surface area contributed by atoms with Gasteiger partial charge in [-0.15, -0.1) is 0 Å². The number of methoxy groups -OCH3 is 1. The van der Waals surface area contributed by atoms with Crippen LogP contribution in [0.5, 0.6) is 5.75 Å². The van der Waals surface area contributed by atoms with Crippen molar-refractivity contribution in [1.82, 2.24) is 0 Å². The summed E-state index contributed by atoms with van der Waals surface area (Å²) in [5.74, 6) is 0.918. The first-order valence-electron chi connectivity index (χ1n) is 5.23. The van der Waals surface area contributed by atoms with E-state index in [2.05, 4.69) is 26.8 Å². The maximum atomic E-state index is 9.24. The highest BCUT2D eigenvalue weighted by Gasteiger charge is 2.18. The van der Waals surface area contributed by atoms with Crippen molar-refractivity contribution in [2.75, 3.05) is 13.7 Å². The van der Waals surface area contributed by atoms with E-state index in [4.69, 9.17) is 4.74 Å². The molecule has 0 aliphatic rings. The predicted molar refractivity (Wildman–Crippen MR) is 62.3 cm³/mol. The van der Waals surface area contributed by atoms with E-state index < -0.39 is 0 Å². The Balaban J connectivity index is 2.95. The van der Waals surface area contributed by atoms with E-state index in [0.29, 0.717) is 0 Å². The second-order valence-electron chi connectivity index (χ2n) is 4.74. The molecule has 1 rings (SSSR count). The molecule has 0 saturated heterocycles. The summed E-state index contributed by atoms with van der Waals surface area (Å²) < 4.78 is 5.27. The molecule has 0 amide bonds. The largest absolute Gasteiger partial charge is 0.496 e. The van der Waals surface area contributed by atoms with Crippen LogP contribution >= 0.6 is 0 Å². The van der Waals surface area contributed by atoms with Crippen molar-refractivity contribution >= 4 is 0 Å². The fourth-order valence-electron chi connectivity index (χ4n) is 1.64. The van der Waals surface area contributed by atoms with Gasteiger partial charge in [0.2, 0.25) is 0 Å². The van der Waals surface area contributed by atoms with Gasteiger partial charge < -0.3 is 9.84 Å². The average Bonchev–Trinajstić information content (AvgIpc) is 2.21. The van der Waals surface area contributed by atoms with Crippen molar-refractivity contribution < 1.29 is 9.84 Å². The SMILES string of the molecule is COc1cccc(CC(C)(C)CO)c1C. The summed E-state index contributed by atoms with van der Waals surface area (Å²) in [7, 11) is 1.68. The second kappa shape index (κ2) is 4.67.